The van der Waals surface area contributed by atoms with Gasteiger partial charge in [-0.1, -0.05) is 36.3 Å². The maximum Gasteiger partial charge on any atom is 0.272 e. The van der Waals surface area contributed by atoms with Crippen LogP contribution in [-0.4, -0.2) is 32.4 Å². The van der Waals surface area contributed by atoms with Gasteiger partial charge in [-0.15, -0.1) is 11.3 Å². The molecule has 6 nitrogen and oxygen atoms in total. The van der Waals surface area contributed by atoms with Gasteiger partial charge in [0.1, 0.15) is 17.7 Å². The largest absolute Gasteiger partial charge is 0.364 e. The zero-order chi connectivity index (χ0) is 19.0. The first kappa shape index (κ1) is 17.5. The molecule has 0 radical (unpaired) electrons. The normalized spacial score (nSPS) is 12.4. The number of hydrogen-bond donors (Lipinski definition) is 0. The Bertz CT molecular complexity index is 1060. The van der Waals surface area contributed by atoms with Crippen molar-refractivity contribution in [1.29, 1.82) is 0 Å². The second-order valence-corrected chi connectivity index (χ2v) is 7.30. The van der Waals surface area contributed by atoms with Gasteiger partial charge in [-0.05, 0) is 18.9 Å². The van der Waals surface area contributed by atoms with Gasteiger partial charge in [0.15, 0.2) is 4.96 Å². The average molecular weight is 380 g/mol. The van der Waals surface area contributed by atoms with Crippen LogP contribution >= 0.6 is 11.3 Å². The van der Waals surface area contributed by atoms with E-state index in [0.29, 0.717) is 5.69 Å². The molecule has 0 saturated heterocycles. The molecule has 0 aliphatic rings. The molecule has 0 fully saturated rings. The summed E-state index contributed by atoms with van der Waals surface area (Å²) in [5.74, 6) is -0.0815. The van der Waals surface area contributed by atoms with Crippen LogP contribution in [0.25, 0.3) is 16.2 Å². The standard InChI is InChI=1S/C20H20N4O2S/c1-4-14-5-7-15(8-6-14)17-11-24-18(12-27-20(24)21-17)19(25)23(3)13(2)16-9-10-26-22-16/h5-13H,4H2,1-3H3. The van der Waals surface area contributed by atoms with Gasteiger partial charge in [0.05, 0.1) is 11.7 Å². The highest BCUT2D eigenvalue weighted by molar-refractivity contribution is 7.15. The van der Waals surface area contributed by atoms with Crippen LogP contribution in [0.4, 0.5) is 0 Å². The summed E-state index contributed by atoms with van der Waals surface area (Å²) in [6.45, 7) is 4.06. The van der Waals surface area contributed by atoms with Gasteiger partial charge in [-0.3, -0.25) is 9.20 Å². The minimum atomic E-state index is -0.184. The van der Waals surface area contributed by atoms with E-state index in [4.69, 9.17) is 4.52 Å². The number of rotatable bonds is 5. The molecule has 138 valence electrons. The predicted molar refractivity (Wildman–Crippen MR) is 105 cm³/mol. The number of fused-ring (bicyclic) bond motifs is 1. The molecule has 0 saturated carbocycles. The van der Waals surface area contributed by atoms with E-state index in [-0.39, 0.29) is 11.9 Å². The third-order valence-corrected chi connectivity index (χ3v) is 5.71. The van der Waals surface area contributed by atoms with Gasteiger partial charge in [-0.25, -0.2) is 4.98 Å². The first-order valence-corrected chi connectivity index (χ1v) is 9.69. The molecule has 1 aromatic carbocycles. The fourth-order valence-corrected chi connectivity index (χ4v) is 3.83. The van der Waals surface area contributed by atoms with Crippen molar-refractivity contribution in [2.45, 2.75) is 26.3 Å². The van der Waals surface area contributed by atoms with Crippen molar-refractivity contribution in [3.05, 3.63) is 65.1 Å². The Morgan fingerprint density at radius 2 is 2.07 bits per heavy atom. The summed E-state index contributed by atoms with van der Waals surface area (Å²) in [6, 6.07) is 9.96. The fraction of sp³-hybridized carbons (Fsp3) is 0.250. The van der Waals surface area contributed by atoms with E-state index in [1.54, 1.807) is 18.0 Å². The molecule has 0 aliphatic heterocycles. The lowest BCUT2D eigenvalue weighted by molar-refractivity contribution is 0.0731. The minimum Gasteiger partial charge on any atom is -0.364 e. The average Bonchev–Trinajstić information content (AvgIpc) is 3.43. The summed E-state index contributed by atoms with van der Waals surface area (Å²) < 4.78 is 6.76. The van der Waals surface area contributed by atoms with Gasteiger partial charge >= 0.3 is 0 Å². The lowest BCUT2D eigenvalue weighted by Crippen LogP contribution is -2.30. The maximum absolute atomic E-state index is 13.0. The molecule has 4 aromatic rings. The zero-order valence-electron chi connectivity index (χ0n) is 15.4. The second-order valence-electron chi connectivity index (χ2n) is 6.47. The topological polar surface area (TPSA) is 63.6 Å². The van der Waals surface area contributed by atoms with Gasteiger partial charge < -0.3 is 9.42 Å². The number of imidazole rings is 1. The first-order valence-electron chi connectivity index (χ1n) is 8.81. The second kappa shape index (κ2) is 7.00. The van der Waals surface area contributed by atoms with Crippen molar-refractivity contribution in [3.63, 3.8) is 0 Å². The van der Waals surface area contributed by atoms with Crippen LogP contribution in [0.3, 0.4) is 0 Å². The Morgan fingerprint density at radius 3 is 2.74 bits per heavy atom. The molecule has 1 unspecified atom stereocenters. The summed E-state index contributed by atoms with van der Waals surface area (Å²) in [5, 5.41) is 5.78. The Balaban J connectivity index is 1.64. The number of hydrogen-bond acceptors (Lipinski definition) is 5. The number of aryl methyl sites for hydroxylation is 1. The molecule has 0 N–H and O–H groups in total. The molecule has 0 bridgehead atoms. The van der Waals surface area contributed by atoms with Gasteiger partial charge in [-0.2, -0.15) is 0 Å². The number of nitrogens with zero attached hydrogens (tertiary/aromatic N) is 4. The molecule has 1 amide bonds. The van der Waals surface area contributed by atoms with Crippen LogP contribution in [0.2, 0.25) is 0 Å². The zero-order valence-corrected chi connectivity index (χ0v) is 16.2. The van der Waals surface area contributed by atoms with Crippen molar-refractivity contribution >= 4 is 22.2 Å². The highest BCUT2D eigenvalue weighted by Gasteiger charge is 2.24. The molecule has 27 heavy (non-hydrogen) atoms. The van der Waals surface area contributed by atoms with Crippen LogP contribution < -0.4 is 0 Å². The van der Waals surface area contributed by atoms with Crippen molar-refractivity contribution in [1.82, 2.24) is 19.4 Å². The van der Waals surface area contributed by atoms with E-state index in [2.05, 4.69) is 41.3 Å². The number of amides is 1. The molecule has 3 aromatic heterocycles. The Labute approximate surface area is 161 Å². The van der Waals surface area contributed by atoms with Crippen molar-refractivity contribution in [2.75, 3.05) is 7.05 Å². The first-order chi connectivity index (χ1) is 13.1. The fourth-order valence-electron chi connectivity index (χ4n) is 2.98. The molecule has 0 aliphatic carbocycles. The lowest BCUT2D eigenvalue weighted by atomic mass is 10.1. The Morgan fingerprint density at radius 1 is 1.30 bits per heavy atom. The van der Waals surface area contributed by atoms with E-state index in [1.807, 2.05) is 22.9 Å². The monoisotopic (exact) mass is 380 g/mol. The smallest absolute Gasteiger partial charge is 0.272 e. The van der Waals surface area contributed by atoms with E-state index in [9.17, 15) is 4.79 Å². The molecule has 0 spiro atoms. The predicted octanol–water partition coefficient (Wildman–Crippen LogP) is 4.45. The van der Waals surface area contributed by atoms with E-state index in [0.717, 1.165) is 28.3 Å². The Kier molecular flexibility index (Phi) is 4.53. The number of carbonyl (C=O) groups excluding carboxylic acids is 1. The highest BCUT2D eigenvalue weighted by atomic mass is 32.1. The summed E-state index contributed by atoms with van der Waals surface area (Å²) in [7, 11) is 1.77. The minimum absolute atomic E-state index is 0.0815. The van der Waals surface area contributed by atoms with Gasteiger partial charge in [0.25, 0.3) is 5.91 Å². The SMILES string of the molecule is CCc1ccc(-c2cn3c(C(=O)N(C)C(C)c4ccon4)csc3n2)cc1. The number of benzene rings is 1. The van der Waals surface area contributed by atoms with Crippen LogP contribution in [-0.2, 0) is 6.42 Å². The van der Waals surface area contributed by atoms with E-state index < -0.39 is 0 Å². The van der Waals surface area contributed by atoms with Crippen molar-refractivity contribution in [2.24, 2.45) is 0 Å². The van der Waals surface area contributed by atoms with Crippen LogP contribution in [0, 0.1) is 0 Å². The molecule has 1 atom stereocenters. The molecule has 4 rings (SSSR count). The van der Waals surface area contributed by atoms with Gasteiger partial charge in [0.2, 0.25) is 0 Å². The molecular weight excluding hydrogens is 360 g/mol. The van der Waals surface area contributed by atoms with Gasteiger partial charge in [0, 0.05) is 30.3 Å². The molecule has 3 heterocycles. The summed E-state index contributed by atoms with van der Waals surface area (Å²) >= 11 is 1.46. The van der Waals surface area contributed by atoms with Crippen molar-refractivity contribution < 1.29 is 9.32 Å². The van der Waals surface area contributed by atoms with E-state index in [1.165, 1.54) is 23.2 Å². The molecular formula is C20H20N4O2S. The summed E-state index contributed by atoms with van der Waals surface area (Å²) in [5.41, 5.74) is 4.52. The highest BCUT2D eigenvalue weighted by Crippen LogP contribution is 2.26. The van der Waals surface area contributed by atoms with Crippen LogP contribution in [0.1, 0.15) is 41.6 Å². The third-order valence-electron chi connectivity index (χ3n) is 4.87. The quantitative estimate of drug-likeness (QED) is 0.513. The molecule has 7 heteroatoms. The third kappa shape index (κ3) is 3.14. The van der Waals surface area contributed by atoms with Crippen molar-refractivity contribution in [3.8, 4) is 11.3 Å². The van der Waals surface area contributed by atoms with E-state index >= 15 is 0 Å². The maximum atomic E-state index is 13.0. The Hall–Kier alpha value is -2.93. The number of carbonyl (C=O) groups is 1. The van der Waals surface area contributed by atoms with Crippen LogP contribution in [0.15, 0.2) is 52.7 Å². The number of thiazole rings is 1. The summed E-state index contributed by atoms with van der Waals surface area (Å²) in [4.78, 5) is 20.2. The van der Waals surface area contributed by atoms with Crippen LogP contribution in [0.5, 0.6) is 0 Å². The lowest BCUT2D eigenvalue weighted by Gasteiger charge is -2.22. The summed E-state index contributed by atoms with van der Waals surface area (Å²) in [6.07, 6.45) is 4.45. The number of aromatic nitrogens is 3.